The van der Waals surface area contributed by atoms with Crippen LogP contribution >= 0.6 is 0 Å². The summed E-state index contributed by atoms with van der Waals surface area (Å²) in [6, 6.07) is 3.98. The van der Waals surface area contributed by atoms with Gasteiger partial charge >= 0.3 is 0 Å². The van der Waals surface area contributed by atoms with Crippen LogP contribution in [-0.4, -0.2) is 45.3 Å². The van der Waals surface area contributed by atoms with Gasteiger partial charge < -0.3 is 9.32 Å². The topological polar surface area (TPSA) is 62.5 Å². The smallest absolute Gasteiger partial charge is 0.222 e. The van der Waals surface area contributed by atoms with Crippen LogP contribution in [-0.2, 0) is 17.9 Å². The first-order valence-corrected chi connectivity index (χ1v) is 9.42. The first kappa shape index (κ1) is 17.2. The highest BCUT2D eigenvalue weighted by atomic mass is 16.3. The number of amides is 1. The zero-order chi connectivity index (χ0) is 18.0. The van der Waals surface area contributed by atoms with Crippen molar-refractivity contribution in [1.82, 2.24) is 19.8 Å². The number of hydrogen-bond acceptors (Lipinski definition) is 5. The molecule has 2 saturated heterocycles. The molecule has 2 aliphatic heterocycles. The van der Waals surface area contributed by atoms with Gasteiger partial charge in [-0.3, -0.25) is 19.7 Å². The highest BCUT2D eigenvalue weighted by Gasteiger charge is 2.41. The van der Waals surface area contributed by atoms with Crippen LogP contribution in [0.25, 0.3) is 0 Å². The van der Waals surface area contributed by atoms with Crippen molar-refractivity contribution < 1.29 is 9.21 Å². The molecule has 0 unspecified atom stereocenters. The Morgan fingerprint density at radius 1 is 1.19 bits per heavy atom. The summed E-state index contributed by atoms with van der Waals surface area (Å²) >= 11 is 0. The van der Waals surface area contributed by atoms with Crippen molar-refractivity contribution in [3.63, 3.8) is 0 Å². The van der Waals surface area contributed by atoms with E-state index in [0.717, 1.165) is 49.7 Å². The minimum absolute atomic E-state index is 0.191. The molecule has 1 atom stereocenters. The summed E-state index contributed by atoms with van der Waals surface area (Å²) in [6.45, 7) is 6.28. The molecule has 0 aliphatic carbocycles. The van der Waals surface area contributed by atoms with E-state index >= 15 is 0 Å². The van der Waals surface area contributed by atoms with E-state index < -0.39 is 0 Å². The summed E-state index contributed by atoms with van der Waals surface area (Å²) in [4.78, 5) is 25.7. The van der Waals surface area contributed by atoms with E-state index in [-0.39, 0.29) is 11.3 Å². The molecule has 26 heavy (non-hydrogen) atoms. The molecule has 0 saturated carbocycles. The summed E-state index contributed by atoms with van der Waals surface area (Å²) in [6.07, 6.45) is 9.26. The molecule has 1 spiro atoms. The number of piperidine rings is 2. The fraction of sp³-hybridized carbons (Fsp3) is 0.550. The maximum Gasteiger partial charge on any atom is 0.222 e. The summed E-state index contributed by atoms with van der Waals surface area (Å²) < 4.78 is 5.52. The van der Waals surface area contributed by atoms with Crippen LogP contribution in [0, 0.1) is 12.3 Å². The molecule has 4 heterocycles. The van der Waals surface area contributed by atoms with Gasteiger partial charge in [-0.1, -0.05) is 0 Å². The lowest BCUT2D eigenvalue weighted by atomic mass is 9.73. The van der Waals surface area contributed by atoms with Crippen LogP contribution in [0.15, 0.2) is 35.2 Å². The summed E-state index contributed by atoms with van der Waals surface area (Å²) in [5.74, 6) is 1.25. The van der Waals surface area contributed by atoms with E-state index in [1.807, 2.05) is 24.0 Å². The third kappa shape index (κ3) is 3.80. The molecule has 0 radical (unpaired) electrons. The van der Waals surface area contributed by atoms with Gasteiger partial charge in [0.05, 0.1) is 36.9 Å². The number of hydrogen-bond donors (Lipinski definition) is 0. The van der Waals surface area contributed by atoms with E-state index in [1.165, 1.54) is 12.8 Å². The number of nitrogens with zero attached hydrogens (tertiary/aromatic N) is 4. The monoisotopic (exact) mass is 354 g/mol. The Kier molecular flexibility index (Phi) is 4.76. The number of aromatic nitrogens is 2. The first-order valence-electron chi connectivity index (χ1n) is 9.42. The van der Waals surface area contributed by atoms with Gasteiger partial charge in [-0.2, -0.15) is 0 Å². The van der Waals surface area contributed by atoms with Crippen LogP contribution < -0.4 is 0 Å². The number of carbonyl (C=O) groups excluding carboxylic acids is 1. The minimum Gasteiger partial charge on any atom is -0.468 e. The Bertz CT molecular complexity index is 744. The van der Waals surface area contributed by atoms with E-state index in [1.54, 1.807) is 18.7 Å². The highest BCUT2D eigenvalue weighted by Crippen LogP contribution is 2.39. The zero-order valence-electron chi connectivity index (χ0n) is 15.4. The normalized spacial score (nSPS) is 24.3. The first-order chi connectivity index (χ1) is 12.6. The summed E-state index contributed by atoms with van der Waals surface area (Å²) in [5, 5.41) is 0. The lowest BCUT2D eigenvalue weighted by molar-refractivity contribution is -0.140. The largest absolute Gasteiger partial charge is 0.468 e. The standard InChI is InChI=1S/C20H26N4O2/c1-16-10-22-17(11-21-16)12-24-15-20(7-5-19(24)25)6-3-8-23(14-20)13-18-4-2-9-26-18/h2,4,9-11H,3,5-8,12-15H2,1H3/t20-/m0/s1. The van der Waals surface area contributed by atoms with Gasteiger partial charge in [0.25, 0.3) is 0 Å². The number of likely N-dealkylation sites (tertiary alicyclic amines) is 2. The lowest BCUT2D eigenvalue weighted by Gasteiger charge is -2.48. The third-order valence-electron chi connectivity index (χ3n) is 5.64. The molecule has 6 heteroatoms. The maximum atomic E-state index is 12.5. The molecule has 0 aromatic carbocycles. The molecular weight excluding hydrogens is 328 g/mol. The average molecular weight is 354 g/mol. The minimum atomic E-state index is 0.191. The van der Waals surface area contributed by atoms with Crippen LogP contribution in [0.5, 0.6) is 0 Å². The van der Waals surface area contributed by atoms with Gasteiger partial charge in [-0.05, 0) is 44.9 Å². The van der Waals surface area contributed by atoms with Crippen LogP contribution in [0.1, 0.15) is 42.8 Å². The molecular formula is C20H26N4O2. The maximum absolute atomic E-state index is 12.5. The quantitative estimate of drug-likeness (QED) is 0.845. The van der Waals surface area contributed by atoms with Crippen LogP contribution in [0.2, 0.25) is 0 Å². The molecule has 6 nitrogen and oxygen atoms in total. The van der Waals surface area contributed by atoms with Crippen LogP contribution in [0.3, 0.4) is 0 Å². The molecule has 0 bridgehead atoms. The second-order valence-corrected chi connectivity index (χ2v) is 7.79. The van der Waals surface area contributed by atoms with Gasteiger partial charge in [0, 0.05) is 31.1 Å². The van der Waals surface area contributed by atoms with Gasteiger partial charge in [0.1, 0.15) is 5.76 Å². The van der Waals surface area contributed by atoms with Crippen molar-refractivity contribution >= 4 is 5.91 Å². The molecule has 2 aliphatic rings. The Balaban J connectivity index is 1.44. The second kappa shape index (κ2) is 7.19. The average Bonchev–Trinajstić information content (AvgIpc) is 3.14. The van der Waals surface area contributed by atoms with Crippen molar-refractivity contribution in [2.45, 2.75) is 45.7 Å². The lowest BCUT2D eigenvalue weighted by Crippen LogP contribution is -2.53. The van der Waals surface area contributed by atoms with Crippen molar-refractivity contribution in [1.29, 1.82) is 0 Å². The Hall–Kier alpha value is -2.21. The van der Waals surface area contributed by atoms with Crippen molar-refractivity contribution in [3.05, 3.63) is 47.9 Å². The van der Waals surface area contributed by atoms with Crippen molar-refractivity contribution in [2.75, 3.05) is 19.6 Å². The molecule has 138 valence electrons. The van der Waals surface area contributed by atoms with Gasteiger partial charge in [-0.15, -0.1) is 0 Å². The van der Waals surface area contributed by atoms with Gasteiger partial charge in [-0.25, -0.2) is 0 Å². The molecule has 2 aromatic rings. The second-order valence-electron chi connectivity index (χ2n) is 7.79. The zero-order valence-corrected chi connectivity index (χ0v) is 15.4. The molecule has 4 rings (SSSR count). The highest BCUT2D eigenvalue weighted by molar-refractivity contribution is 5.77. The van der Waals surface area contributed by atoms with Crippen LogP contribution in [0.4, 0.5) is 0 Å². The van der Waals surface area contributed by atoms with E-state index in [0.29, 0.717) is 13.0 Å². The van der Waals surface area contributed by atoms with Gasteiger partial charge in [0.15, 0.2) is 0 Å². The number of furan rings is 1. The third-order valence-corrected chi connectivity index (χ3v) is 5.64. The molecule has 1 amide bonds. The summed E-state index contributed by atoms with van der Waals surface area (Å²) in [5.41, 5.74) is 1.96. The van der Waals surface area contributed by atoms with E-state index in [2.05, 4.69) is 14.9 Å². The number of rotatable bonds is 4. The fourth-order valence-electron chi connectivity index (χ4n) is 4.34. The van der Waals surface area contributed by atoms with E-state index in [9.17, 15) is 4.79 Å². The molecule has 0 N–H and O–H groups in total. The predicted octanol–water partition coefficient (Wildman–Crippen LogP) is 2.78. The SMILES string of the molecule is Cc1cnc(CN2C[C@@]3(CCCN(Cc4ccco4)C3)CCC2=O)cn1. The van der Waals surface area contributed by atoms with E-state index in [4.69, 9.17) is 4.42 Å². The predicted molar refractivity (Wildman–Crippen MR) is 97.1 cm³/mol. The molecule has 2 aromatic heterocycles. The summed E-state index contributed by atoms with van der Waals surface area (Å²) in [7, 11) is 0. The Morgan fingerprint density at radius 2 is 2.12 bits per heavy atom. The van der Waals surface area contributed by atoms with Gasteiger partial charge in [0.2, 0.25) is 5.91 Å². The number of aryl methyl sites for hydroxylation is 1. The Morgan fingerprint density at radius 3 is 2.88 bits per heavy atom. The fourth-order valence-corrected chi connectivity index (χ4v) is 4.34. The van der Waals surface area contributed by atoms with Crippen molar-refractivity contribution in [3.8, 4) is 0 Å². The number of carbonyl (C=O) groups is 1. The Labute approximate surface area is 154 Å². The molecule has 2 fully saturated rings. The van der Waals surface area contributed by atoms with Crippen molar-refractivity contribution in [2.24, 2.45) is 5.41 Å².